The molecule has 8 nitrogen and oxygen atoms in total. The standard InChI is InChI=1S/C8H5N5O3S/c1-2-8-12-6(3-9)7(4-10)13(8)17(15,16)11-5-14/h2H2,1H3. The molecule has 1 heterocycles. The monoisotopic (exact) mass is 251 g/mol. The van der Waals surface area contributed by atoms with Crippen LogP contribution in [0.25, 0.3) is 0 Å². The lowest BCUT2D eigenvalue weighted by molar-refractivity contribution is 0.562. The Labute approximate surface area is 96.6 Å². The van der Waals surface area contributed by atoms with Gasteiger partial charge in [-0.15, -0.1) is 0 Å². The lowest BCUT2D eigenvalue weighted by Crippen LogP contribution is -2.14. The third kappa shape index (κ3) is 2.06. The number of hydrogen-bond acceptors (Lipinski definition) is 6. The molecule has 0 aliphatic carbocycles. The number of isocyanates is 1. The van der Waals surface area contributed by atoms with E-state index in [4.69, 9.17) is 10.5 Å². The van der Waals surface area contributed by atoms with Crippen LogP contribution in [0.15, 0.2) is 4.40 Å². The van der Waals surface area contributed by atoms with Crippen LogP contribution in [0.1, 0.15) is 24.1 Å². The van der Waals surface area contributed by atoms with Gasteiger partial charge in [0.1, 0.15) is 18.0 Å². The van der Waals surface area contributed by atoms with E-state index in [-0.39, 0.29) is 17.9 Å². The zero-order valence-electron chi connectivity index (χ0n) is 8.58. The summed E-state index contributed by atoms with van der Waals surface area (Å²) in [6, 6.07) is 3.14. The molecule has 0 saturated heterocycles. The zero-order chi connectivity index (χ0) is 13.1. The highest BCUT2D eigenvalue weighted by Gasteiger charge is 2.25. The first-order valence-corrected chi connectivity index (χ1v) is 5.68. The van der Waals surface area contributed by atoms with Gasteiger partial charge in [0.05, 0.1) is 0 Å². The second-order valence-electron chi connectivity index (χ2n) is 2.73. The molecule has 1 aromatic heterocycles. The summed E-state index contributed by atoms with van der Waals surface area (Å²) < 4.78 is 26.2. The van der Waals surface area contributed by atoms with Gasteiger partial charge in [-0.2, -0.15) is 22.9 Å². The molecule has 0 spiro atoms. The van der Waals surface area contributed by atoms with Crippen molar-refractivity contribution in [1.82, 2.24) is 8.96 Å². The SMILES string of the molecule is CCc1nc(C#N)c(C#N)n1S(=O)(=O)N=C=O. The number of hydrogen-bond donors (Lipinski definition) is 0. The maximum absolute atomic E-state index is 11.6. The second-order valence-corrected chi connectivity index (χ2v) is 4.17. The number of carbonyl (C=O) groups excluding carboxylic acids is 1. The van der Waals surface area contributed by atoms with E-state index in [1.165, 1.54) is 0 Å². The lowest BCUT2D eigenvalue weighted by atomic mass is 10.4. The van der Waals surface area contributed by atoms with Crippen molar-refractivity contribution in [2.75, 3.05) is 0 Å². The number of aromatic nitrogens is 2. The van der Waals surface area contributed by atoms with Crippen LogP contribution in [-0.4, -0.2) is 23.5 Å². The molecule has 1 rings (SSSR count). The third-order valence-electron chi connectivity index (χ3n) is 1.81. The van der Waals surface area contributed by atoms with Gasteiger partial charge in [0, 0.05) is 6.42 Å². The largest absolute Gasteiger partial charge is 0.361 e. The second kappa shape index (κ2) is 4.58. The van der Waals surface area contributed by atoms with Crippen molar-refractivity contribution < 1.29 is 13.2 Å². The van der Waals surface area contributed by atoms with Gasteiger partial charge in [0.2, 0.25) is 0 Å². The Hall–Kier alpha value is -2.48. The molecule has 9 heteroatoms. The van der Waals surface area contributed by atoms with Gasteiger partial charge in [-0.25, -0.2) is 9.78 Å². The highest BCUT2D eigenvalue weighted by Crippen LogP contribution is 2.15. The molecule has 0 atom stereocenters. The molecule has 0 N–H and O–H groups in total. The van der Waals surface area contributed by atoms with Crippen molar-refractivity contribution in [1.29, 1.82) is 10.5 Å². The first kappa shape index (κ1) is 12.6. The summed E-state index contributed by atoms with van der Waals surface area (Å²) in [5, 5.41) is 17.5. The van der Waals surface area contributed by atoms with Crippen LogP contribution in [-0.2, 0) is 21.4 Å². The van der Waals surface area contributed by atoms with Crippen LogP contribution in [0.3, 0.4) is 0 Å². The first-order chi connectivity index (χ1) is 8.01. The maximum atomic E-state index is 11.6. The van der Waals surface area contributed by atoms with Crippen LogP contribution < -0.4 is 0 Å². The van der Waals surface area contributed by atoms with Crippen LogP contribution in [0, 0.1) is 22.7 Å². The van der Waals surface area contributed by atoms with E-state index >= 15 is 0 Å². The molecule has 86 valence electrons. The van der Waals surface area contributed by atoms with Crippen molar-refractivity contribution in [2.24, 2.45) is 4.40 Å². The van der Waals surface area contributed by atoms with E-state index in [0.717, 1.165) is 6.08 Å². The van der Waals surface area contributed by atoms with Gasteiger partial charge >= 0.3 is 10.2 Å². The van der Waals surface area contributed by atoms with Crippen molar-refractivity contribution >= 4 is 16.3 Å². The van der Waals surface area contributed by atoms with E-state index in [2.05, 4.69) is 9.38 Å². The van der Waals surface area contributed by atoms with Crippen molar-refractivity contribution in [3.05, 3.63) is 17.2 Å². The number of imidazole rings is 1. The van der Waals surface area contributed by atoms with Gasteiger partial charge in [-0.3, -0.25) is 0 Å². The van der Waals surface area contributed by atoms with Gasteiger partial charge in [0.15, 0.2) is 11.4 Å². The minimum Gasteiger partial charge on any atom is -0.220 e. The summed E-state index contributed by atoms with van der Waals surface area (Å²) in [4.78, 5) is 13.7. The minimum atomic E-state index is -4.40. The molecule has 0 aliphatic rings. The summed E-state index contributed by atoms with van der Waals surface area (Å²) in [5.74, 6) is -0.0444. The van der Waals surface area contributed by atoms with Crippen molar-refractivity contribution in [2.45, 2.75) is 13.3 Å². The number of nitrogens with zero attached hydrogens (tertiary/aromatic N) is 5. The fraction of sp³-hybridized carbons (Fsp3) is 0.250. The highest BCUT2D eigenvalue weighted by atomic mass is 32.2. The van der Waals surface area contributed by atoms with Crippen molar-refractivity contribution in [3.8, 4) is 12.1 Å². The normalized spacial score (nSPS) is 10.1. The summed E-state index contributed by atoms with van der Waals surface area (Å²) in [7, 11) is -4.40. The molecule has 0 radical (unpaired) electrons. The molecule has 0 aromatic carbocycles. The fourth-order valence-electron chi connectivity index (χ4n) is 1.19. The van der Waals surface area contributed by atoms with Crippen LogP contribution >= 0.6 is 0 Å². The first-order valence-electron chi connectivity index (χ1n) is 4.28. The molecule has 1 aromatic rings. The molecule has 0 bridgehead atoms. The van der Waals surface area contributed by atoms with Crippen molar-refractivity contribution in [3.63, 3.8) is 0 Å². The minimum absolute atomic E-state index is 0.0444. The smallest absolute Gasteiger partial charge is 0.220 e. The topological polar surface area (TPSA) is 129 Å². The molecule has 0 saturated carbocycles. The third-order valence-corrected chi connectivity index (χ3v) is 2.97. The number of aryl methyl sites for hydroxylation is 1. The summed E-state index contributed by atoms with van der Waals surface area (Å²) in [6.07, 6.45) is 1.04. The molecule has 0 unspecified atom stereocenters. The Kier molecular flexibility index (Phi) is 3.39. The van der Waals surface area contributed by atoms with Gasteiger partial charge in [-0.1, -0.05) is 11.3 Å². The molecule has 0 aliphatic heterocycles. The van der Waals surface area contributed by atoms with E-state index in [1.54, 1.807) is 19.1 Å². The predicted octanol–water partition coefficient (Wildman–Crippen LogP) is -0.382. The predicted molar refractivity (Wildman–Crippen MR) is 53.5 cm³/mol. The van der Waals surface area contributed by atoms with E-state index in [0.29, 0.717) is 3.97 Å². The van der Waals surface area contributed by atoms with Crippen LogP contribution in [0.5, 0.6) is 0 Å². The summed E-state index contributed by atoms with van der Waals surface area (Å²) in [5.41, 5.74) is -0.794. The summed E-state index contributed by atoms with van der Waals surface area (Å²) in [6.45, 7) is 1.58. The highest BCUT2D eigenvalue weighted by molar-refractivity contribution is 7.88. The quantitative estimate of drug-likeness (QED) is 0.531. The van der Waals surface area contributed by atoms with E-state index < -0.39 is 15.9 Å². The number of rotatable bonds is 3. The average molecular weight is 251 g/mol. The van der Waals surface area contributed by atoms with Gasteiger partial charge in [-0.05, 0) is 0 Å². The van der Waals surface area contributed by atoms with Crippen LogP contribution in [0.4, 0.5) is 0 Å². The maximum Gasteiger partial charge on any atom is 0.361 e. The fourth-order valence-corrected chi connectivity index (χ4v) is 2.16. The Balaban J connectivity index is 3.76. The van der Waals surface area contributed by atoms with E-state index in [1.807, 2.05) is 0 Å². The zero-order valence-corrected chi connectivity index (χ0v) is 9.39. The Morgan fingerprint density at radius 2 is 2.06 bits per heavy atom. The average Bonchev–Trinajstić information content (AvgIpc) is 2.67. The lowest BCUT2D eigenvalue weighted by Gasteiger charge is -2.01. The molecule has 17 heavy (non-hydrogen) atoms. The number of nitriles is 2. The van der Waals surface area contributed by atoms with Crippen LogP contribution in [0.2, 0.25) is 0 Å². The molecule has 0 amide bonds. The molecular formula is C8H5N5O3S. The van der Waals surface area contributed by atoms with Gasteiger partial charge in [0.25, 0.3) is 6.08 Å². The molecule has 0 fully saturated rings. The van der Waals surface area contributed by atoms with E-state index in [9.17, 15) is 13.2 Å². The summed E-state index contributed by atoms with van der Waals surface area (Å²) >= 11 is 0. The Morgan fingerprint density at radius 1 is 1.41 bits per heavy atom. The Bertz CT molecular complexity index is 682. The molecular weight excluding hydrogens is 246 g/mol. The Morgan fingerprint density at radius 3 is 2.47 bits per heavy atom. The van der Waals surface area contributed by atoms with Gasteiger partial charge < -0.3 is 0 Å².